The van der Waals surface area contributed by atoms with E-state index in [-0.39, 0.29) is 24.5 Å². The second-order valence-corrected chi connectivity index (χ2v) is 8.33. The highest BCUT2D eigenvalue weighted by Gasteiger charge is 2.26. The van der Waals surface area contributed by atoms with Gasteiger partial charge in [-0.25, -0.2) is 0 Å². The summed E-state index contributed by atoms with van der Waals surface area (Å²) in [4.78, 5) is 26.7. The number of carbonyl (C=O) groups is 2. The summed E-state index contributed by atoms with van der Waals surface area (Å²) >= 11 is 0. The van der Waals surface area contributed by atoms with Crippen LogP contribution in [0.5, 0.6) is 11.5 Å². The van der Waals surface area contributed by atoms with Gasteiger partial charge in [0, 0.05) is 47.8 Å². The zero-order valence-corrected chi connectivity index (χ0v) is 18.0. The van der Waals surface area contributed by atoms with E-state index in [1.54, 1.807) is 18.2 Å². The molecule has 5 rings (SSSR count). The second kappa shape index (κ2) is 8.07. The third kappa shape index (κ3) is 3.82. The molecular formula is C25H24N2O5. The SMILES string of the molecule is CC(C)C(=O)Nc1ccc(-c2cc3c(o2)CCN(C(=O)c2ccc4c(c2)OCO4)C3)cc1. The Bertz CT molecular complexity index is 1180. The lowest BCUT2D eigenvalue weighted by Crippen LogP contribution is -2.35. The summed E-state index contributed by atoms with van der Waals surface area (Å²) in [7, 11) is 0. The first-order chi connectivity index (χ1) is 15.5. The van der Waals surface area contributed by atoms with Gasteiger partial charge in [0.05, 0.1) is 0 Å². The molecule has 7 nitrogen and oxygen atoms in total. The Kier molecular flexibility index (Phi) is 5.09. The Balaban J connectivity index is 1.30. The first-order valence-corrected chi connectivity index (χ1v) is 10.7. The van der Waals surface area contributed by atoms with Crippen molar-refractivity contribution in [3.63, 3.8) is 0 Å². The third-order valence-corrected chi connectivity index (χ3v) is 5.73. The maximum absolute atomic E-state index is 13.0. The highest BCUT2D eigenvalue weighted by atomic mass is 16.7. The topological polar surface area (TPSA) is 81.0 Å². The molecule has 32 heavy (non-hydrogen) atoms. The Morgan fingerprint density at radius 3 is 2.56 bits per heavy atom. The fourth-order valence-electron chi connectivity index (χ4n) is 3.87. The van der Waals surface area contributed by atoms with Crippen LogP contribution < -0.4 is 14.8 Å². The summed E-state index contributed by atoms with van der Waals surface area (Å²) in [6, 6.07) is 14.9. The zero-order chi connectivity index (χ0) is 22.2. The van der Waals surface area contributed by atoms with Crippen molar-refractivity contribution in [1.82, 2.24) is 4.90 Å². The van der Waals surface area contributed by atoms with Crippen molar-refractivity contribution in [1.29, 1.82) is 0 Å². The molecule has 0 saturated heterocycles. The van der Waals surface area contributed by atoms with Crippen LogP contribution in [0, 0.1) is 5.92 Å². The van der Waals surface area contributed by atoms with E-state index in [0.29, 0.717) is 36.6 Å². The Morgan fingerprint density at radius 2 is 1.78 bits per heavy atom. The van der Waals surface area contributed by atoms with E-state index in [2.05, 4.69) is 5.32 Å². The molecule has 2 aliphatic rings. The number of nitrogens with one attached hydrogen (secondary N) is 1. The smallest absolute Gasteiger partial charge is 0.254 e. The summed E-state index contributed by atoms with van der Waals surface area (Å²) in [5.41, 5.74) is 3.28. The lowest BCUT2D eigenvalue weighted by Gasteiger charge is -2.26. The van der Waals surface area contributed by atoms with Gasteiger partial charge >= 0.3 is 0 Å². The number of carbonyl (C=O) groups excluding carboxylic acids is 2. The first kappa shape index (κ1) is 20.2. The molecule has 0 aliphatic carbocycles. The molecule has 0 unspecified atom stereocenters. The molecule has 2 amide bonds. The molecule has 1 aromatic heterocycles. The van der Waals surface area contributed by atoms with E-state index in [9.17, 15) is 9.59 Å². The number of ether oxygens (including phenoxy) is 2. The lowest BCUT2D eigenvalue weighted by atomic mass is 10.1. The van der Waals surface area contributed by atoms with Crippen molar-refractivity contribution >= 4 is 17.5 Å². The van der Waals surface area contributed by atoms with Crippen molar-refractivity contribution in [3.05, 3.63) is 65.4 Å². The monoisotopic (exact) mass is 432 g/mol. The first-order valence-electron chi connectivity index (χ1n) is 10.7. The molecule has 0 bridgehead atoms. The van der Waals surface area contributed by atoms with Gasteiger partial charge in [-0.2, -0.15) is 0 Å². The highest BCUT2D eigenvalue weighted by Crippen LogP contribution is 2.34. The number of hydrogen-bond acceptors (Lipinski definition) is 5. The van der Waals surface area contributed by atoms with E-state index >= 15 is 0 Å². The maximum Gasteiger partial charge on any atom is 0.254 e. The van der Waals surface area contributed by atoms with Crippen molar-refractivity contribution < 1.29 is 23.5 Å². The predicted octanol–water partition coefficient (Wildman–Crippen LogP) is 4.47. The minimum Gasteiger partial charge on any atom is -0.461 e. The minimum absolute atomic E-state index is 0.0153. The molecule has 3 heterocycles. The summed E-state index contributed by atoms with van der Waals surface area (Å²) in [5.74, 6) is 2.81. The third-order valence-electron chi connectivity index (χ3n) is 5.73. The Morgan fingerprint density at radius 1 is 1.00 bits per heavy atom. The Labute approximate surface area is 185 Å². The maximum atomic E-state index is 13.0. The number of fused-ring (bicyclic) bond motifs is 2. The molecule has 3 aromatic rings. The van der Waals surface area contributed by atoms with Crippen molar-refractivity contribution in [3.8, 4) is 22.8 Å². The van der Waals surface area contributed by atoms with Crippen LogP contribution >= 0.6 is 0 Å². The number of amides is 2. The number of anilines is 1. The van der Waals surface area contributed by atoms with E-state index in [1.165, 1.54) is 0 Å². The van der Waals surface area contributed by atoms with Crippen molar-refractivity contribution in [2.45, 2.75) is 26.8 Å². The van der Waals surface area contributed by atoms with Gasteiger partial charge < -0.3 is 24.1 Å². The van der Waals surface area contributed by atoms with Crippen LogP contribution in [0.25, 0.3) is 11.3 Å². The van der Waals surface area contributed by atoms with Crippen molar-refractivity contribution in [2.75, 3.05) is 18.7 Å². The summed E-state index contributed by atoms with van der Waals surface area (Å²) < 4.78 is 16.8. The molecule has 164 valence electrons. The molecule has 0 fully saturated rings. The number of hydrogen-bond donors (Lipinski definition) is 1. The molecule has 1 N–H and O–H groups in total. The second-order valence-electron chi connectivity index (χ2n) is 8.33. The summed E-state index contributed by atoms with van der Waals surface area (Å²) in [6.45, 7) is 4.99. The Hall–Kier alpha value is -3.74. The summed E-state index contributed by atoms with van der Waals surface area (Å²) in [5, 5.41) is 2.89. The van der Waals surface area contributed by atoms with Gasteiger partial charge in [0.15, 0.2) is 11.5 Å². The molecule has 0 atom stereocenters. The largest absolute Gasteiger partial charge is 0.461 e. The average Bonchev–Trinajstić information content (AvgIpc) is 3.44. The van der Waals surface area contributed by atoms with Gasteiger partial charge in [-0.05, 0) is 48.5 Å². The quantitative estimate of drug-likeness (QED) is 0.658. The zero-order valence-electron chi connectivity index (χ0n) is 18.0. The predicted molar refractivity (Wildman–Crippen MR) is 119 cm³/mol. The normalized spacial score (nSPS) is 14.4. The minimum atomic E-state index is -0.0743. The number of furan rings is 1. The molecule has 0 radical (unpaired) electrons. The van der Waals surface area contributed by atoms with E-state index in [4.69, 9.17) is 13.9 Å². The van der Waals surface area contributed by atoms with Crippen molar-refractivity contribution in [2.24, 2.45) is 5.92 Å². The fourth-order valence-corrected chi connectivity index (χ4v) is 3.87. The summed E-state index contributed by atoms with van der Waals surface area (Å²) in [6.07, 6.45) is 0.661. The van der Waals surface area contributed by atoms with Gasteiger partial charge in [-0.1, -0.05) is 13.8 Å². The van der Waals surface area contributed by atoms with E-state index in [1.807, 2.05) is 49.1 Å². The van der Waals surface area contributed by atoms with Gasteiger partial charge in [-0.15, -0.1) is 0 Å². The lowest BCUT2D eigenvalue weighted by molar-refractivity contribution is -0.118. The molecular weight excluding hydrogens is 408 g/mol. The van der Waals surface area contributed by atoms with E-state index in [0.717, 1.165) is 28.3 Å². The standard InChI is InChI=1S/C25H24N2O5/c1-15(2)24(28)26-19-6-3-16(4-7-19)22-12-18-13-27(10-9-20(18)32-22)25(29)17-5-8-21-23(11-17)31-14-30-21/h3-8,11-12,15H,9-10,13-14H2,1-2H3,(H,26,28). The van der Waals surface area contributed by atoms with Crippen LogP contribution in [0.3, 0.4) is 0 Å². The molecule has 2 aromatic carbocycles. The van der Waals surface area contributed by atoms with Crippen LogP contribution in [0.4, 0.5) is 5.69 Å². The number of rotatable bonds is 4. The van der Waals surface area contributed by atoms with Crippen LogP contribution in [-0.4, -0.2) is 30.1 Å². The van der Waals surface area contributed by atoms with Gasteiger partial charge in [0.2, 0.25) is 12.7 Å². The molecule has 2 aliphatic heterocycles. The van der Waals surface area contributed by atoms with Gasteiger partial charge in [0.1, 0.15) is 11.5 Å². The van der Waals surface area contributed by atoms with Crippen LogP contribution in [-0.2, 0) is 17.8 Å². The van der Waals surface area contributed by atoms with E-state index < -0.39 is 0 Å². The average molecular weight is 432 g/mol. The number of nitrogens with zero attached hydrogens (tertiary/aromatic N) is 1. The van der Waals surface area contributed by atoms with Gasteiger partial charge in [0.25, 0.3) is 5.91 Å². The molecule has 0 saturated carbocycles. The van der Waals surface area contributed by atoms with Crippen LogP contribution in [0.2, 0.25) is 0 Å². The molecule has 7 heteroatoms. The number of benzene rings is 2. The van der Waals surface area contributed by atoms with Crippen LogP contribution in [0.1, 0.15) is 35.5 Å². The van der Waals surface area contributed by atoms with Gasteiger partial charge in [-0.3, -0.25) is 9.59 Å². The highest BCUT2D eigenvalue weighted by molar-refractivity contribution is 5.95. The fraction of sp³-hybridized carbons (Fsp3) is 0.280. The van der Waals surface area contributed by atoms with Crippen LogP contribution in [0.15, 0.2) is 52.9 Å². The molecule has 0 spiro atoms.